The van der Waals surface area contributed by atoms with Gasteiger partial charge >= 0.3 is 0 Å². The molecular formula is C17H13BrO2. The summed E-state index contributed by atoms with van der Waals surface area (Å²) < 4.78 is 6.62. The van der Waals surface area contributed by atoms with Crippen molar-refractivity contribution in [3.63, 3.8) is 0 Å². The highest BCUT2D eigenvalue weighted by molar-refractivity contribution is 9.10. The Kier molecular flexibility index (Phi) is 3.22. The maximum Gasteiger partial charge on any atom is 0.228 e. The predicted octanol–water partition coefficient (Wildman–Crippen LogP) is 5.04. The number of halogens is 1. The van der Waals surface area contributed by atoms with E-state index in [1.807, 2.05) is 50.2 Å². The van der Waals surface area contributed by atoms with E-state index < -0.39 is 0 Å². The lowest BCUT2D eigenvalue weighted by Crippen LogP contribution is -2.00. The van der Waals surface area contributed by atoms with Gasteiger partial charge in [0.25, 0.3) is 0 Å². The molecule has 3 aromatic rings. The summed E-state index contributed by atoms with van der Waals surface area (Å²) in [5.41, 5.74) is 3.54. The molecule has 0 aliphatic heterocycles. The second-order valence-electron chi connectivity index (χ2n) is 5.00. The van der Waals surface area contributed by atoms with E-state index in [0.29, 0.717) is 11.3 Å². The van der Waals surface area contributed by atoms with E-state index >= 15 is 0 Å². The van der Waals surface area contributed by atoms with E-state index in [0.717, 1.165) is 26.6 Å². The highest BCUT2D eigenvalue weighted by Crippen LogP contribution is 2.25. The van der Waals surface area contributed by atoms with Crippen molar-refractivity contribution in [3.8, 4) is 0 Å². The highest BCUT2D eigenvalue weighted by Gasteiger charge is 2.15. The second-order valence-corrected chi connectivity index (χ2v) is 5.91. The molecule has 1 heterocycles. The van der Waals surface area contributed by atoms with Gasteiger partial charge < -0.3 is 4.42 Å². The van der Waals surface area contributed by atoms with Crippen LogP contribution in [-0.2, 0) is 0 Å². The lowest BCUT2D eigenvalue weighted by atomic mass is 10.0. The van der Waals surface area contributed by atoms with Crippen molar-refractivity contribution in [1.82, 2.24) is 0 Å². The van der Waals surface area contributed by atoms with E-state index in [9.17, 15) is 4.79 Å². The molecule has 1 aromatic heterocycles. The number of ketones is 1. The van der Waals surface area contributed by atoms with Crippen molar-refractivity contribution in [3.05, 3.63) is 69.4 Å². The molecule has 0 aliphatic carbocycles. The normalized spacial score (nSPS) is 10.9. The number of carbonyl (C=O) groups excluding carboxylic acids is 1. The summed E-state index contributed by atoms with van der Waals surface area (Å²) in [6.07, 6.45) is 0. The zero-order chi connectivity index (χ0) is 14.3. The minimum absolute atomic E-state index is 0.0795. The topological polar surface area (TPSA) is 30.2 Å². The largest absolute Gasteiger partial charge is 0.453 e. The van der Waals surface area contributed by atoms with Crippen LogP contribution in [0.4, 0.5) is 0 Å². The summed E-state index contributed by atoms with van der Waals surface area (Å²) in [5.74, 6) is 0.298. The molecule has 0 fully saturated rings. The van der Waals surface area contributed by atoms with Crippen molar-refractivity contribution in [1.29, 1.82) is 0 Å². The maximum atomic E-state index is 12.5. The molecule has 0 saturated heterocycles. The van der Waals surface area contributed by atoms with Crippen molar-refractivity contribution in [2.24, 2.45) is 0 Å². The van der Waals surface area contributed by atoms with Crippen molar-refractivity contribution in [2.45, 2.75) is 13.8 Å². The molecule has 2 nitrogen and oxygen atoms in total. The fourth-order valence-electron chi connectivity index (χ4n) is 2.37. The summed E-state index contributed by atoms with van der Waals surface area (Å²) in [7, 11) is 0. The van der Waals surface area contributed by atoms with Gasteiger partial charge in [-0.15, -0.1) is 0 Å². The molecule has 2 aromatic carbocycles. The molecule has 0 unspecified atom stereocenters. The number of aryl methyl sites for hydroxylation is 2. The maximum absolute atomic E-state index is 12.5. The summed E-state index contributed by atoms with van der Waals surface area (Å²) in [4.78, 5) is 12.5. The Hall–Kier alpha value is -1.87. The van der Waals surface area contributed by atoms with Gasteiger partial charge in [0.2, 0.25) is 5.78 Å². The van der Waals surface area contributed by atoms with Crippen LogP contribution in [0, 0.1) is 13.8 Å². The Labute approximate surface area is 125 Å². The SMILES string of the molecule is Cc1cc(C)cc(C(=O)c2cc3cc(Br)ccc3o2)c1. The summed E-state index contributed by atoms with van der Waals surface area (Å²) in [5, 5.41) is 0.923. The molecule has 0 radical (unpaired) electrons. The third kappa shape index (κ3) is 2.41. The third-order valence-electron chi connectivity index (χ3n) is 3.19. The average molecular weight is 329 g/mol. The standard InChI is InChI=1S/C17H13BrO2/c1-10-5-11(2)7-13(6-10)17(19)16-9-12-8-14(18)3-4-15(12)20-16/h3-9H,1-2H3. The number of carbonyl (C=O) groups is 1. The van der Waals surface area contributed by atoms with Crippen LogP contribution in [0.1, 0.15) is 27.2 Å². The smallest absolute Gasteiger partial charge is 0.228 e. The van der Waals surface area contributed by atoms with E-state index in [4.69, 9.17) is 4.42 Å². The van der Waals surface area contributed by atoms with Gasteiger partial charge in [0.05, 0.1) is 0 Å². The van der Waals surface area contributed by atoms with Crippen LogP contribution < -0.4 is 0 Å². The minimum Gasteiger partial charge on any atom is -0.453 e. The molecule has 0 spiro atoms. The molecule has 0 amide bonds. The number of hydrogen-bond donors (Lipinski definition) is 0. The molecule has 0 bridgehead atoms. The predicted molar refractivity (Wildman–Crippen MR) is 83.3 cm³/mol. The number of furan rings is 1. The van der Waals surface area contributed by atoms with E-state index in [-0.39, 0.29) is 5.78 Å². The first-order chi connectivity index (χ1) is 9.52. The fourth-order valence-corrected chi connectivity index (χ4v) is 2.75. The third-order valence-corrected chi connectivity index (χ3v) is 3.68. The minimum atomic E-state index is -0.0795. The lowest BCUT2D eigenvalue weighted by Gasteiger charge is -2.02. The fraction of sp³-hybridized carbons (Fsp3) is 0.118. The van der Waals surface area contributed by atoms with Gasteiger partial charge in [0.15, 0.2) is 5.76 Å². The van der Waals surface area contributed by atoms with Crippen LogP contribution in [0.15, 0.2) is 51.4 Å². The first kappa shape index (κ1) is 13.1. The monoisotopic (exact) mass is 328 g/mol. The van der Waals surface area contributed by atoms with E-state index in [1.165, 1.54) is 0 Å². The van der Waals surface area contributed by atoms with E-state index in [2.05, 4.69) is 15.9 Å². The van der Waals surface area contributed by atoms with Crippen LogP contribution >= 0.6 is 15.9 Å². The van der Waals surface area contributed by atoms with Crippen LogP contribution in [0.3, 0.4) is 0 Å². The zero-order valence-corrected chi connectivity index (χ0v) is 12.8. The van der Waals surface area contributed by atoms with Gasteiger partial charge in [-0.3, -0.25) is 4.79 Å². The van der Waals surface area contributed by atoms with Gasteiger partial charge in [-0.25, -0.2) is 0 Å². The van der Waals surface area contributed by atoms with Crippen LogP contribution in [0.5, 0.6) is 0 Å². The molecule has 3 rings (SSSR count). The van der Waals surface area contributed by atoms with Crippen LogP contribution in [-0.4, -0.2) is 5.78 Å². The average Bonchev–Trinajstić information content (AvgIpc) is 2.79. The Morgan fingerprint density at radius 1 is 1.00 bits per heavy atom. The summed E-state index contributed by atoms with van der Waals surface area (Å²) in [6.45, 7) is 3.97. The van der Waals surface area contributed by atoms with Gasteiger partial charge in [0, 0.05) is 15.4 Å². The van der Waals surface area contributed by atoms with Gasteiger partial charge in [-0.05, 0) is 50.2 Å². The summed E-state index contributed by atoms with van der Waals surface area (Å²) in [6, 6.07) is 13.3. The molecule has 0 saturated carbocycles. The van der Waals surface area contributed by atoms with Gasteiger partial charge in [0.1, 0.15) is 5.58 Å². The summed E-state index contributed by atoms with van der Waals surface area (Å²) >= 11 is 3.42. The Balaban J connectivity index is 2.07. The Morgan fingerprint density at radius 2 is 1.70 bits per heavy atom. The van der Waals surface area contributed by atoms with Crippen LogP contribution in [0.25, 0.3) is 11.0 Å². The second kappa shape index (κ2) is 4.91. The molecule has 20 heavy (non-hydrogen) atoms. The Morgan fingerprint density at radius 3 is 2.40 bits per heavy atom. The van der Waals surface area contributed by atoms with Crippen molar-refractivity contribution < 1.29 is 9.21 Å². The molecular weight excluding hydrogens is 316 g/mol. The molecule has 0 N–H and O–H groups in total. The van der Waals surface area contributed by atoms with Crippen LogP contribution in [0.2, 0.25) is 0 Å². The van der Waals surface area contributed by atoms with Gasteiger partial charge in [-0.2, -0.15) is 0 Å². The number of rotatable bonds is 2. The molecule has 3 heteroatoms. The van der Waals surface area contributed by atoms with Gasteiger partial charge in [-0.1, -0.05) is 33.1 Å². The quantitative estimate of drug-likeness (QED) is 0.616. The zero-order valence-electron chi connectivity index (χ0n) is 11.2. The Bertz CT molecular complexity index is 795. The molecule has 0 aliphatic rings. The van der Waals surface area contributed by atoms with E-state index in [1.54, 1.807) is 6.07 Å². The molecule has 0 atom stereocenters. The lowest BCUT2D eigenvalue weighted by molar-refractivity contribution is 0.101. The highest BCUT2D eigenvalue weighted by atomic mass is 79.9. The number of fused-ring (bicyclic) bond motifs is 1. The number of hydrogen-bond acceptors (Lipinski definition) is 2. The first-order valence-corrected chi connectivity index (χ1v) is 7.14. The van der Waals surface area contributed by atoms with Crippen molar-refractivity contribution in [2.75, 3.05) is 0 Å². The van der Waals surface area contributed by atoms with Crippen molar-refractivity contribution >= 4 is 32.7 Å². The number of benzene rings is 2. The first-order valence-electron chi connectivity index (χ1n) is 6.35. The molecule has 100 valence electrons.